The molecule has 0 N–H and O–H groups in total. The number of hydrogen-bond acceptors (Lipinski definition) is 5. The van der Waals surface area contributed by atoms with E-state index in [1.54, 1.807) is 0 Å². The van der Waals surface area contributed by atoms with Gasteiger partial charge in [-0.3, -0.25) is 14.4 Å². The zero-order valence-corrected chi connectivity index (χ0v) is 18.9. The Labute approximate surface area is 181 Å². The molecule has 30 heavy (non-hydrogen) atoms. The highest BCUT2D eigenvalue weighted by Crippen LogP contribution is 2.67. The van der Waals surface area contributed by atoms with Gasteiger partial charge in [0.1, 0.15) is 18.0 Å². The standard InChI is InChI=1S/C25H38O5/c1-5-6-7-8-9-10-11-12-21(27)29-20-14-13-18(3)24(4)15-19(17(2)16-26)22(28)23-25(20,24)30-23/h16,18-20,23H,2,5-15H2,1,3-4H3. The fourth-order valence-corrected chi connectivity index (χ4v) is 5.85. The van der Waals surface area contributed by atoms with Crippen molar-refractivity contribution in [3.05, 3.63) is 12.2 Å². The molecule has 1 spiro atoms. The van der Waals surface area contributed by atoms with Gasteiger partial charge in [-0.2, -0.15) is 0 Å². The number of ether oxygens (including phenoxy) is 2. The number of hydrogen-bond donors (Lipinski definition) is 0. The average molecular weight is 419 g/mol. The van der Waals surface area contributed by atoms with E-state index in [-0.39, 0.29) is 23.3 Å². The maximum absolute atomic E-state index is 12.9. The first-order valence-corrected chi connectivity index (χ1v) is 11.9. The number of carbonyl (C=O) groups excluding carboxylic acids is 3. The van der Waals surface area contributed by atoms with Crippen molar-refractivity contribution in [3.8, 4) is 0 Å². The predicted molar refractivity (Wildman–Crippen MR) is 115 cm³/mol. The summed E-state index contributed by atoms with van der Waals surface area (Å²) >= 11 is 0. The Bertz CT molecular complexity index is 685. The van der Waals surface area contributed by atoms with Crippen LogP contribution in [-0.4, -0.2) is 35.8 Å². The molecule has 0 radical (unpaired) electrons. The minimum Gasteiger partial charge on any atom is -0.459 e. The van der Waals surface area contributed by atoms with Crippen molar-refractivity contribution in [2.45, 2.75) is 109 Å². The van der Waals surface area contributed by atoms with Crippen LogP contribution >= 0.6 is 0 Å². The van der Waals surface area contributed by atoms with Crippen LogP contribution in [0.25, 0.3) is 0 Å². The number of allylic oxidation sites excluding steroid dienone is 1. The number of epoxide rings is 1. The lowest BCUT2D eigenvalue weighted by molar-refractivity contribution is -0.167. The second-order valence-electron chi connectivity index (χ2n) is 9.89. The Kier molecular flexibility index (Phi) is 7.21. The number of aldehydes is 1. The molecule has 2 aliphatic carbocycles. The van der Waals surface area contributed by atoms with Gasteiger partial charge >= 0.3 is 5.97 Å². The van der Waals surface area contributed by atoms with Crippen LogP contribution in [-0.2, 0) is 23.9 Å². The molecule has 0 amide bonds. The van der Waals surface area contributed by atoms with Gasteiger partial charge in [0.15, 0.2) is 11.9 Å². The molecule has 0 aromatic heterocycles. The zero-order chi connectivity index (χ0) is 21.9. The number of ketones is 1. The van der Waals surface area contributed by atoms with Crippen molar-refractivity contribution < 1.29 is 23.9 Å². The van der Waals surface area contributed by atoms with E-state index < -0.39 is 17.6 Å². The van der Waals surface area contributed by atoms with E-state index in [4.69, 9.17) is 9.47 Å². The first kappa shape index (κ1) is 23.2. The summed E-state index contributed by atoms with van der Waals surface area (Å²) in [6, 6.07) is 0. The molecule has 5 heteroatoms. The topological polar surface area (TPSA) is 73.0 Å². The van der Waals surface area contributed by atoms with Crippen molar-refractivity contribution in [3.63, 3.8) is 0 Å². The van der Waals surface area contributed by atoms with E-state index in [1.807, 2.05) is 0 Å². The van der Waals surface area contributed by atoms with Gasteiger partial charge in [-0.15, -0.1) is 0 Å². The lowest BCUT2D eigenvalue weighted by atomic mass is 9.52. The summed E-state index contributed by atoms with van der Waals surface area (Å²) in [4.78, 5) is 36.7. The third-order valence-electron chi connectivity index (χ3n) is 8.05. The number of carbonyl (C=O) groups is 3. The van der Waals surface area contributed by atoms with Crippen LogP contribution in [0.3, 0.4) is 0 Å². The summed E-state index contributed by atoms with van der Waals surface area (Å²) in [6.45, 7) is 10.3. The minimum atomic E-state index is -0.725. The van der Waals surface area contributed by atoms with E-state index in [0.29, 0.717) is 30.6 Å². The fraction of sp³-hybridized carbons (Fsp3) is 0.800. The maximum atomic E-state index is 12.9. The Hall–Kier alpha value is -1.49. The van der Waals surface area contributed by atoms with Crippen LogP contribution in [0.1, 0.15) is 91.4 Å². The summed E-state index contributed by atoms with van der Waals surface area (Å²) in [7, 11) is 0. The Morgan fingerprint density at radius 1 is 1.20 bits per heavy atom. The molecule has 6 atom stereocenters. The molecule has 0 aromatic carbocycles. The molecule has 1 heterocycles. The molecule has 168 valence electrons. The number of esters is 1. The summed E-state index contributed by atoms with van der Waals surface area (Å²) < 4.78 is 12.0. The van der Waals surface area contributed by atoms with Crippen LogP contribution in [0.5, 0.6) is 0 Å². The number of Topliss-reactive ketones (excluding diaryl/α,β-unsaturated/α-hetero) is 1. The molecule has 1 aliphatic heterocycles. The van der Waals surface area contributed by atoms with E-state index in [1.165, 1.54) is 25.7 Å². The van der Waals surface area contributed by atoms with E-state index >= 15 is 0 Å². The average Bonchev–Trinajstić information content (AvgIpc) is 3.49. The SMILES string of the molecule is C=C(C=O)C1CC2(C)C(C)CCC(OC(=O)CCCCCCCCC)C23OC3C1=O. The van der Waals surface area contributed by atoms with Gasteiger partial charge < -0.3 is 9.47 Å². The lowest BCUT2D eigenvalue weighted by Gasteiger charge is -2.51. The van der Waals surface area contributed by atoms with Crippen LogP contribution in [0.15, 0.2) is 12.2 Å². The summed E-state index contributed by atoms with van der Waals surface area (Å²) in [6.07, 6.45) is 10.4. The van der Waals surface area contributed by atoms with Gasteiger partial charge in [0.05, 0.1) is 0 Å². The summed E-state index contributed by atoms with van der Waals surface area (Å²) in [5, 5.41) is 0. The zero-order valence-electron chi connectivity index (χ0n) is 18.9. The second-order valence-corrected chi connectivity index (χ2v) is 9.89. The molecule has 0 bridgehead atoms. The van der Waals surface area contributed by atoms with Gasteiger partial charge in [0.25, 0.3) is 0 Å². The highest BCUT2D eigenvalue weighted by Gasteiger charge is 2.80. The lowest BCUT2D eigenvalue weighted by Crippen LogP contribution is -2.60. The number of rotatable bonds is 11. The van der Waals surface area contributed by atoms with Crippen LogP contribution in [0.4, 0.5) is 0 Å². The highest BCUT2D eigenvalue weighted by molar-refractivity contribution is 5.97. The molecule has 5 nitrogen and oxygen atoms in total. The summed E-state index contributed by atoms with van der Waals surface area (Å²) in [5.74, 6) is -0.430. The van der Waals surface area contributed by atoms with Crippen LogP contribution in [0, 0.1) is 17.3 Å². The van der Waals surface area contributed by atoms with Crippen molar-refractivity contribution in [1.29, 1.82) is 0 Å². The van der Waals surface area contributed by atoms with Gasteiger partial charge in [0.2, 0.25) is 0 Å². The van der Waals surface area contributed by atoms with Gasteiger partial charge in [-0.05, 0) is 37.2 Å². The molecule has 6 unspecified atom stereocenters. The van der Waals surface area contributed by atoms with Gasteiger partial charge in [0, 0.05) is 17.8 Å². The molecule has 3 rings (SSSR count). The number of unbranched alkanes of at least 4 members (excludes halogenated alkanes) is 6. The summed E-state index contributed by atoms with van der Waals surface area (Å²) in [5.41, 5.74) is -0.711. The third-order valence-corrected chi connectivity index (χ3v) is 8.05. The monoisotopic (exact) mass is 418 g/mol. The first-order chi connectivity index (χ1) is 14.3. The van der Waals surface area contributed by atoms with E-state index in [9.17, 15) is 14.4 Å². The van der Waals surface area contributed by atoms with E-state index in [0.717, 1.165) is 32.1 Å². The minimum absolute atomic E-state index is 0.0770. The molecule has 3 aliphatic rings. The Morgan fingerprint density at radius 3 is 2.53 bits per heavy atom. The molecule has 1 saturated heterocycles. The predicted octanol–water partition coefficient (Wildman–Crippen LogP) is 4.96. The van der Waals surface area contributed by atoms with Crippen molar-refractivity contribution in [2.75, 3.05) is 0 Å². The van der Waals surface area contributed by atoms with Crippen LogP contribution < -0.4 is 0 Å². The van der Waals surface area contributed by atoms with Gasteiger partial charge in [-0.25, -0.2) is 0 Å². The normalized spacial score (nSPS) is 37.1. The molecule has 0 aromatic rings. The Morgan fingerprint density at radius 2 is 1.87 bits per heavy atom. The molecular formula is C25H38O5. The maximum Gasteiger partial charge on any atom is 0.306 e. The van der Waals surface area contributed by atoms with Gasteiger partial charge in [-0.1, -0.05) is 65.9 Å². The van der Waals surface area contributed by atoms with E-state index in [2.05, 4.69) is 27.4 Å². The largest absolute Gasteiger partial charge is 0.459 e. The van der Waals surface area contributed by atoms with Crippen molar-refractivity contribution in [1.82, 2.24) is 0 Å². The Balaban J connectivity index is 1.59. The first-order valence-electron chi connectivity index (χ1n) is 11.9. The second kappa shape index (κ2) is 9.33. The molecular weight excluding hydrogens is 380 g/mol. The van der Waals surface area contributed by atoms with Crippen molar-refractivity contribution >= 4 is 18.0 Å². The highest BCUT2D eigenvalue weighted by atomic mass is 16.7. The quantitative estimate of drug-likeness (QED) is 0.156. The molecule has 2 saturated carbocycles. The van der Waals surface area contributed by atoms with Crippen LogP contribution in [0.2, 0.25) is 0 Å². The third kappa shape index (κ3) is 4.02. The fourth-order valence-electron chi connectivity index (χ4n) is 5.85. The molecule has 3 fully saturated rings. The smallest absolute Gasteiger partial charge is 0.306 e. The van der Waals surface area contributed by atoms with Crippen molar-refractivity contribution in [2.24, 2.45) is 17.3 Å².